The lowest BCUT2D eigenvalue weighted by Gasteiger charge is -2.29. The Morgan fingerprint density at radius 2 is 1.86 bits per heavy atom. The summed E-state index contributed by atoms with van der Waals surface area (Å²) in [4.78, 5) is 39.7. The number of hydrogen-bond donors (Lipinski definition) is 1. The van der Waals surface area contributed by atoms with Gasteiger partial charge in [0.05, 0.1) is 17.9 Å². The van der Waals surface area contributed by atoms with Gasteiger partial charge in [-0.25, -0.2) is 19.2 Å². The minimum atomic E-state index is -1.35. The lowest BCUT2D eigenvalue weighted by atomic mass is 9.86. The minimum absolute atomic E-state index is 0.206. The number of aromatic nitrogens is 3. The van der Waals surface area contributed by atoms with Crippen LogP contribution in [-0.4, -0.2) is 74.8 Å². The zero-order chi connectivity index (χ0) is 35.5. The molecule has 10 nitrogen and oxygen atoms in total. The van der Waals surface area contributed by atoms with Crippen LogP contribution in [0.1, 0.15) is 74.9 Å². The predicted octanol–water partition coefficient (Wildman–Crippen LogP) is 6.77. The van der Waals surface area contributed by atoms with E-state index in [1.165, 1.54) is 6.07 Å². The Kier molecular flexibility index (Phi) is 8.82. The number of anilines is 1. The molecule has 1 amide bonds. The molecule has 0 radical (unpaired) electrons. The highest BCUT2D eigenvalue weighted by Crippen LogP contribution is 2.45. The minimum Gasteiger partial charge on any atom is -0.490 e. The fourth-order valence-corrected chi connectivity index (χ4v) is 7.56. The van der Waals surface area contributed by atoms with Crippen molar-refractivity contribution in [1.82, 2.24) is 19.4 Å². The summed E-state index contributed by atoms with van der Waals surface area (Å²) in [6.45, 7) is 12.6. The van der Waals surface area contributed by atoms with Gasteiger partial charge in [-0.1, -0.05) is 0 Å². The smallest absolute Gasteiger partial charge is 0.337 e. The quantitative estimate of drug-likeness (QED) is 0.227. The summed E-state index contributed by atoms with van der Waals surface area (Å²) < 4.78 is 29.8. The van der Waals surface area contributed by atoms with E-state index in [4.69, 9.17) is 19.4 Å². The van der Waals surface area contributed by atoms with E-state index in [2.05, 4.69) is 11.0 Å². The average molecular weight is 684 g/mol. The van der Waals surface area contributed by atoms with Crippen LogP contribution in [0.4, 0.5) is 10.2 Å². The normalized spacial score (nSPS) is 17.3. The molecule has 2 aliphatic heterocycles. The van der Waals surface area contributed by atoms with Gasteiger partial charge in [0.25, 0.3) is 0 Å². The highest BCUT2D eigenvalue weighted by Gasteiger charge is 2.36. The van der Waals surface area contributed by atoms with Gasteiger partial charge in [-0.3, -0.25) is 4.79 Å². The van der Waals surface area contributed by atoms with Crippen molar-refractivity contribution in [2.45, 2.75) is 78.4 Å². The molecule has 264 valence electrons. The molecule has 4 aromatic rings. The van der Waals surface area contributed by atoms with Crippen molar-refractivity contribution in [2.24, 2.45) is 13.0 Å². The number of amides is 1. The molecule has 5 heterocycles. The summed E-state index contributed by atoms with van der Waals surface area (Å²) in [6.07, 6.45) is 4.76. The summed E-state index contributed by atoms with van der Waals surface area (Å²) in [7, 11) is 1.94. The first-order chi connectivity index (χ1) is 23.8. The third-order valence-corrected chi connectivity index (χ3v) is 10.2. The van der Waals surface area contributed by atoms with E-state index in [1.807, 2.05) is 56.3 Å². The highest BCUT2D eigenvalue weighted by atomic mass is 19.1. The van der Waals surface area contributed by atoms with Crippen molar-refractivity contribution < 1.29 is 28.6 Å². The van der Waals surface area contributed by atoms with Crippen molar-refractivity contribution in [1.29, 1.82) is 0 Å². The molecule has 11 heteroatoms. The zero-order valence-electron chi connectivity index (χ0n) is 29.8. The number of hydrogen-bond acceptors (Lipinski definition) is 7. The topological polar surface area (TPSA) is 110 Å². The molecule has 1 atom stereocenters. The van der Waals surface area contributed by atoms with Gasteiger partial charge in [0.15, 0.2) is 17.7 Å². The first-order valence-electron chi connectivity index (χ1n) is 17.7. The van der Waals surface area contributed by atoms with E-state index in [1.54, 1.807) is 13.1 Å². The van der Waals surface area contributed by atoms with Crippen LogP contribution in [0.25, 0.3) is 33.4 Å². The summed E-state index contributed by atoms with van der Waals surface area (Å²) in [5.41, 5.74) is 5.38. The summed E-state index contributed by atoms with van der Waals surface area (Å²) >= 11 is 0. The fraction of sp³-hybridized carbons (Fsp3) is 0.487. The van der Waals surface area contributed by atoms with Crippen LogP contribution < -0.4 is 9.64 Å². The van der Waals surface area contributed by atoms with E-state index >= 15 is 4.39 Å². The summed E-state index contributed by atoms with van der Waals surface area (Å²) in [5.74, 6) is -0.0274. The van der Waals surface area contributed by atoms with E-state index in [0.29, 0.717) is 59.5 Å². The lowest BCUT2D eigenvalue weighted by molar-refractivity contribution is -0.160. The van der Waals surface area contributed by atoms with Crippen molar-refractivity contribution in [3.05, 3.63) is 58.7 Å². The second kappa shape index (κ2) is 13.0. The van der Waals surface area contributed by atoms with E-state index in [9.17, 15) is 14.7 Å². The van der Waals surface area contributed by atoms with Gasteiger partial charge >= 0.3 is 5.97 Å². The maximum absolute atomic E-state index is 15.8. The first-order valence-corrected chi connectivity index (χ1v) is 17.7. The third kappa shape index (κ3) is 6.32. The molecule has 0 spiro atoms. The molecule has 0 unspecified atom stereocenters. The molecule has 3 aromatic heterocycles. The third-order valence-electron chi connectivity index (χ3n) is 10.2. The Bertz CT molecular complexity index is 2000. The van der Waals surface area contributed by atoms with E-state index in [-0.39, 0.29) is 17.6 Å². The molecular weight excluding hydrogens is 637 g/mol. The van der Waals surface area contributed by atoms with E-state index in [0.717, 1.165) is 67.0 Å². The Hall–Kier alpha value is -4.51. The SMILES string of the molecule is Cc1nc2c(cc(-c3ccnc(N4CCCN(C(=O)C5CC5)CC4)c3)n2C)c(-c2cc(F)c3c(c2C)CCCO3)c1[C@H](OC(C)(C)C)C(=O)O. The van der Waals surface area contributed by atoms with Crippen molar-refractivity contribution in [3.8, 4) is 28.1 Å². The molecule has 2 fully saturated rings. The van der Waals surface area contributed by atoms with Crippen LogP contribution in [-0.2, 0) is 27.8 Å². The van der Waals surface area contributed by atoms with Crippen LogP contribution in [0.5, 0.6) is 5.75 Å². The van der Waals surface area contributed by atoms with Crippen LogP contribution in [0.3, 0.4) is 0 Å². The maximum atomic E-state index is 15.8. The molecule has 0 bridgehead atoms. The number of aryl methyl sites for hydroxylation is 2. The predicted molar refractivity (Wildman–Crippen MR) is 190 cm³/mol. The Labute approximate surface area is 292 Å². The van der Waals surface area contributed by atoms with Gasteiger partial charge in [-0.05, 0) is 102 Å². The number of benzene rings is 1. The number of aliphatic carboxylic acids is 1. The molecule has 1 saturated heterocycles. The van der Waals surface area contributed by atoms with E-state index < -0.39 is 23.5 Å². The van der Waals surface area contributed by atoms with Crippen LogP contribution >= 0.6 is 0 Å². The van der Waals surface area contributed by atoms with Crippen molar-refractivity contribution in [2.75, 3.05) is 37.7 Å². The molecule has 1 saturated carbocycles. The van der Waals surface area contributed by atoms with Gasteiger partial charge < -0.3 is 28.9 Å². The average Bonchev–Trinajstić information content (AvgIpc) is 3.91. The second-order valence-corrected chi connectivity index (χ2v) is 14.9. The Morgan fingerprint density at radius 1 is 1.08 bits per heavy atom. The summed E-state index contributed by atoms with van der Waals surface area (Å²) in [5, 5.41) is 11.3. The van der Waals surface area contributed by atoms with Crippen molar-refractivity contribution in [3.63, 3.8) is 0 Å². The Morgan fingerprint density at radius 3 is 2.58 bits per heavy atom. The van der Waals surface area contributed by atoms with Crippen LogP contribution in [0.2, 0.25) is 0 Å². The number of rotatable bonds is 7. The van der Waals surface area contributed by atoms with Crippen LogP contribution in [0.15, 0.2) is 30.5 Å². The number of carboxylic acid groups (broad SMARTS) is 1. The number of pyridine rings is 2. The standard InChI is InChI=1S/C39H46FN5O5/c1-22-26-9-7-18-49-34(26)29(40)20-27(22)33-28-21-30(43(6)36(28)42-23(2)32(33)35(38(47)48)50-39(3,4)5)25-12-13-41-31(19-25)44-14-8-15-45(17-16-44)37(46)24-10-11-24/h12-13,19-21,24,35H,7-11,14-18H2,1-6H3,(H,47,48)/t35-/m0/s1. The van der Waals surface area contributed by atoms with Gasteiger partial charge in [0.2, 0.25) is 5.91 Å². The number of ether oxygens (including phenoxy) is 2. The number of carbonyl (C=O) groups excluding carboxylic acids is 1. The number of fused-ring (bicyclic) bond motifs is 2. The molecule has 50 heavy (non-hydrogen) atoms. The molecule has 3 aliphatic rings. The van der Waals surface area contributed by atoms with Gasteiger partial charge in [-0.2, -0.15) is 0 Å². The van der Waals surface area contributed by atoms with Gasteiger partial charge in [-0.15, -0.1) is 0 Å². The molecule has 1 aromatic carbocycles. The largest absolute Gasteiger partial charge is 0.490 e. The maximum Gasteiger partial charge on any atom is 0.337 e. The number of carboxylic acids is 1. The number of carbonyl (C=O) groups is 2. The number of nitrogens with zero attached hydrogens (tertiary/aromatic N) is 5. The lowest BCUT2D eigenvalue weighted by Crippen LogP contribution is -2.36. The molecule has 7 rings (SSSR count). The van der Waals surface area contributed by atoms with Crippen LogP contribution in [0, 0.1) is 25.6 Å². The monoisotopic (exact) mass is 683 g/mol. The molecule has 1 N–H and O–H groups in total. The zero-order valence-corrected chi connectivity index (χ0v) is 29.8. The summed E-state index contributed by atoms with van der Waals surface area (Å²) in [6, 6.07) is 7.50. The van der Waals surface area contributed by atoms with Gasteiger partial charge in [0.1, 0.15) is 11.5 Å². The fourth-order valence-electron chi connectivity index (χ4n) is 7.56. The Balaban J connectivity index is 1.37. The molecule has 1 aliphatic carbocycles. The number of halogens is 1. The van der Waals surface area contributed by atoms with Gasteiger partial charge in [0, 0.05) is 78.7 Å². The second-order valence-electron chi connectivity index (χ2n) is 14.9. The highest BCUT2D eigenvalue weighted by molar-refractivity contribution is 6.01. The molecular formula is C39H46FN5O5. The first kappa shape index (κ1) is 34.0. The van der Waals surface area contributed by atoms with Crippen molar-refractivity contribution >= 4 is 28.7 Å².